The van der Waals surface area contributed by atoms with Crippen LogP contribution in [-0.4, -0.2) is 53.3 Å². The van der Waals surface area contributed by atoms with Crippen LogP contribution < -0.4 is 10.6 Å². The highest BCUT2D eigenvalue weighted by Crippen LogP contribution is 2.16. The molecule has 1 atom stereocenters. The maximum absolute atomic E-state index is 11.8. The van der Waals surface area contributed by atoms with Crippen molar-refractivity contribution in [2.75, 3.05) is 31.5 Å². The lowest BCUT2D eigenvalue weighted by atomic mass is 9.99. The van der Waals surface area contributed by atoms with Gasteiger partial charge in [0.2, 0.25) is 0 Å². The topological polar surface area (TPSA) is 77.5 Å². The molecule has 1 saturated heterocycles. The predicted octanol–water partition coefficient (Wildman–Crippen LogP) is 1.95. The molecular weight excluding hydrogens is 304 g/mol. The quantitative estimate of drug-likeness (QED) is 0.723. The number of urea groups is 1. The van der Waals surface area contributed by atoms with Crippen molar-refractivity contribution in [2.45, 2.75) is 25.9 Å². The summed E-state index contributed by atoms with van der Waals surface area (Å²) in [6.07, 6.45) is 3.29. The standard InChI is InChI=1S/C15H23ClN4O2/c1-11-3-6-20(7-4-11)10-13(21)9-18-15(22)19-12-2-5-17-14(16)8-12/h2,5,8,11,13,21H,3-4,6-7,9-10H2,1H3,(H2,17,18,19,22). The minimum absolute atomic E-state index is 0.219. The molecule has 1 fully saturated rings. The van der Waals surface area contributed by atoms with Crippen molar-refractivity contribution in [1.29, 1.82) is 0 Å². The third-order valence-electron chi connectivity index (χ3n) is 3.83. The predicted molar refractivity (Wildman–Crippen MR) is 87.1 cm³/mol. The molecule has 0 radical (unpaired) electrons. The number of rotatable bonds is 5. The largest absolute Gasteiger partial charge is 0.390 e. The van der Waals surface area contributed by atoms with E-state index in [9.17, 15) is 9.90 Å². The number of aromatic nitrogens is 1. The van der Waals surface area contributed by atoms with Gasteiger partial charge >= 0.3 is 6.03 Å². The highest BCUT2D eigenvalue weighted by atomic mass is 35.5. The number of hydrogen-bond donors (Lipinski definition) is 3. The fourth-order valence-corrected chi connectivity index (χ4v) is 2.65. The zero-order chi connectivity index (χ0) is 15.9. The van der Waals surface area contributed by atoms with Crippen molar-refractivity contribution >= 4 is 23.3 Å². The summed E-state index contributed by atoms with van der Waals surface area (Å²) in [5.41, 5.74) is 0.567. The molecule has 2 heterocycles. The Hall–Kier alpha value is -1.37. The van der Waals surface area contributed by atoms with E-state index in [0.717, 1.165) is 19.0 Å². The number of pyridine rings is 1. The summed E-state index contributed by atoms with van der Waals surface area (Å²) in [6, 6.07) is 2.84. The van der Waals surface area contributed by atoms with Gasteiger partial charge in [0.25, 0.3) is 0 Å². The molecular formula is C15H23ClN4O2. The van der Waals surface area contributed by atoms with Crippen LogP contribution in [0.1, 0.15) is 19.8 Å². The monoisotopic (exact) mass is 326 g/mol. The number of carbonyl (C=O) groups is 1. The van der Waals surface area contributed by atoms with Crippen LogP contribution in [0.15, 0.2) is 18.3 Å². The van der Waals surface area contributed by atoms with E-state index in [1.54, 1.807) is 12.1 Å². The van der Waals surface area contributed by atoms with E-state index in [0.29, 0.717) is 17.4 Å². The molecule has 0 aliphatic carbocycles. The summed E-state index contributed by atoms with van der Waals surface area (Å²) in [5.74, 6) is 0.768. The summed E-state index contributed by atoms with van der Waals surface area (Å²) in [5, 5.41) is 15.6. The van der Waals surface area contributed by atoms with E-state index in [1.807, 2.05) is 0 Å². The van der Waals surface area contributed by atoms with E-state index >= 15 is 0 Å². The minimum Gasteiger partial charge on any atom is -0.390 e. The van der Waals surface area contributed by atoms with Crippen LogP contribution in [0.5, 0.6) is 0 Å². The van der Waals surface area contributed by atoms with Gasteiger partial charge in [0.1, 0.15) is 5.15 Å². The molecule has 0 saturated carbocycles. The molecule has 0 bridgehead atoms. The van der Waals surface area contributed by atoms with E-state index < -0.39 is 6.10 Å². The fourth-order valence-electron chi connectivity index (χ4n) is 2.47. The average Bonchev–Trinajstić information content (AvgIpc) is 2.48. The Morgan fingerprint density at radius 2 is 2.27 bits per heavy atom. The Morgan fingerprint density at radius 3 is 2.95 bits per heavy atom. The Kier molecular flexibility index (Phi) is 6.42. The van der Waals surface area contributed by atoms with Crippen LogP contribution in [0.3, 0.4) is 0 Å². The number of anilines is 1. The van der Waals surface area contributed by atoms with E-state index in [1.165, 1.54) is 19.0 Å². The number of aliphatic hydroxyl groups is 1. The second-order valence-electron chi connectivity index (χ2n) is 5.84. The van der Waals surface area contributed by atoms with E-state index in [4.69, 9.17) is 11.6 Å². The maximum Gasteiger partial charge on any atom is 0.319 e. The molecule has 22 heavy (non-hydrogen) atoms. The first-order valence-electron chi connectivity index (χ1n) is 7.60. The van der Waals surface area contributed by atoms with Crippen LogP contribution >= 0.6 is 11.6 Å². The smallest absolute Gasteiger partial charge is 0.319 e. The number of likely N-dealkylation sites (tertiary alicyclic amines) is 1. The molecule has 1 aliphatic rings. The average molecular weight is 327 g/mol. The van der Waals surface area contributed by atoms with Crippen LogP contribution in [0, 0.1) is 5.92 Å². The number of amides is 2. The van der Waals surface area contributed by atoms with Crippen LogP contribution in [0.2, 0.25) is 5.15 Å². The minimum atomic E-state index is -0.569. The molecule has 2 amide bonds. The van der Waals surface area contributed by atoms with Crippen molar-refractivity contribution in [3.05, 3.63) is 23.5 Å². The van der Waals surface area contributed by atoms with Crippen LogP contribution in [0.25, 0.3) is 0 Å². The van der Waals surface area contributed by atoms with Gasteiger partial charge in [-0.25, -0.2) is 9.78 Å². The molecule has 7 heteroatoms. The van der Waals surface area contributed by atoms with Crippen LogP contribution in [0.4, 0.5) is 10.5 Å². The lowest BCUT2D eigenvalue weighted by Gasteiger charge is -2.31. The zero-order valence-corrected chi connectivity index (χ0v) is 13.5. The van der Waals surface area contributed by atoms with Gasteiger partial charge < -0.3 is 20.6 Å². The van der Waals surface area contributed by atoms with Gasteiger partial charge in [-0.15, -0.1) is 0 Å². The fraction of sp³-hybridized carbons (Fsp3) is 0.600. The zero-order valence-electron chi connectivity index (χ0n) is 12.8. The third-order valence-corrected chi connectivity index (χ3v) is 4.03. The molecule has 0 spiro atoms. The number of β-amino-alcohol motifs (C(OH)–C–C–N with tert-alkyl or cyclic N) is 1. The first-order chi connectivity index (χ1) is 10.5. The highest BCUT2D eigenvalue weighted by molar-refractivity contribution is 6.29. The summed E-state index contributed by atoms with van der Waals surface area (Å²) in [4.78, 5) is 17.8. The molecule has 2 rings (SSSR count). The number of hydrogen-bond acceptors (Lipinski definition) is 4. The molecule has 1 aliphatic heterocycles. The van der Waals surface area contributed by atoms with Crippen molar-refractivity contribution in [3.63, 3.8) is 0 Å². The third kappa shape index (κ3) is 5.79. The van der Waals surface area contributed by atoms with Gasteiger partial charge in [0, 0.05) is 25.0 Å². The maximum atomic E-state index is 11.8. The Balaban J connectivity index is 1.67. The lowest BCUT2D eigenvalue weighted by molar-refractivity contribution is 0.0924. The molecule has 1 aromatic rings. The Morgan fingerprint density at radius 1 is 1.55 bits per heavy atom. The Bertz CT molecular complexity index is 492. The molecule has 3 N–H and O–H groups in total. The molecule has 6 nitrogen and oxygen atoms in total. The SMILES string of the molecule is CC1CCN(CC(O)CNC(=O)Nc2ccnc(Cl)c2)CC1. The van der Waals surface area contributed by atoms with Crippen LogP contribution in [-0.2, 0) is 0 Å². The normalized spacial score (nSPS) is 18.0. The van der Waals surface area contributed by atoms with Crippen molar-refractivity contribution < 1.29 is 9.90 Å². The van der Waals surface area contributed by atoms with Gasteiger partial charge in [-0.3, -0.25) is 0 Å². The highest BCUT2D eigenvalue weighted by Gasteiger charge is 2.18. The molecule has 122 valence electrons. The number of nitrogens with zero attached hydrogens (tertiary/aromatic N) is 2. The summed E-state index contributed by atoms with van der Waals surface area (Å²) in [6.45, 7) is 5.09. The molecule has 0 aromatic carbocycles. The molecule has 1 unspecified atom stereocenters. The first kappa shape index (κ1) is 17.0. The van der Waals surface area contributed by atoms with Gasteiger partial charge in [0.05, 0.1) is 6.10 Å². The lowest BCUT2D eigenvalue weighted by Crippen LogP contribution is -2.43. The summed E-state index contributed by atoms with van der Waals surface area (Å²) < 4.78 is 0. The number of piperidine rings is 1. The summed E-state index contributed by atoms with van der Waals surface area (Å²) >= 11 is 5.75. The van der Waals surface area contributed by atoms with E-state index in [2.05, 4.69) is 27.4 Å². The van der Waals surface area contributed by atoms with Crippen molar-refractivity contribution in [3.8, 4) is 0 Å². The summed E-state index contributed by atoms with van der Waals surface area (Å²) in [7, 11) is 0. The van der Waals surface area contributed by atoms with Gasteiger partial charge in [0.15, 0.2) is 0 Å². The second-order valence-corrected chi connectivity index (χ2v) is 6.23. The first-order valence-corrected chi connectivity index (χ1v) is 7.97. The van der Waals surface area contributed by atoms with Gasteiger partial charge in [-0.1, -0.05) is 18.5 Å². The molecule has 1 aromatic heterocycles. The van der Waals surface area contributed by atoms with E-state index in [-0.39, 0.29) is 12.6 Å². The number of nitrogens with one attached hydrogen (secondary N) is 2. The Labute approximate surface area is 135 Å². The number of aliphatic hydroxyl groups excluding tert-OH is 1. The van der Waals surface area contributed by atoms with Gasteiger partial charge in [-0.2, -0.15) is 0 Å². The number of carbonyl (C=O) groups excluding carboxylic acids is 1. The number of halogens is 1. The van der Waals surface area contributed by atoms with Crippen molar-refractivity contribution in [1.82, 2.24) is 15.2 Å². The van der Waals surface area contributed by atoms with Gasteiger partial charge in [-0.05, 0) is 44.0 Å². The van der Waals surface area contributed by atoms with Crippen molar-refractivity contribution in [2.24, 2.45) is 5.92 Å². The second kappa shape index (κ2) is 8.31.